The molecule has 0 aromatic carbocycles. The predicted octanol–water partition coefficient (Wildman–Crippen LogP) is 16.7. The van der Waals surface area contributed by atoms with E-state index in [1.54, 1.807) is 5.57 Å². The second-order valence-electron chi connectivity index (χ2n) is 24.2. The van der Waals surface area contributed by atoms with E-state index < -0.39 is 0 Å². The Morgan fingerprint density at radius 2 is 1.30 bits per heavy atom. The zero-order valence-electron chi connectivity index (χ0n) is 42.9. The number of ether oxygens (including phenoxy) is 3. The average molecular weight is 891 g/mol. The van der Waals surface area contributed by atoms with Crippen LogP contribution in [-0.4, -0.2) is 37.4 Å². The van der Waals surface area contributed by atoms with Crippen LogP contribution in [0.15, 0.2) is 11.6 Å². The van der Waals surface area contributed by atoms with Gasteiger partial charge in [0.2, 0.25) is 0 Å². The van der Waals surface area contributed by atoms with E-state index in [0.717, 1.165) is 92.0 Å². The van der Waals surface area contributed by atoms with Crippen LogP contribution < -0.4 is 0 Å². The van der Waals surface area contributed by atoms with E-state index >= 15 is 0 Å². The minimum atomic E-state index is -0.264. The number of rotatable bonds is 27. The van der Waals surface area contributed by atoms with Crippen molar-refractivity contribution in [2.24, 2.45) is 64.1 Å². The Balaban J connectivity index is 0.733. The lowest BCUT2D eigenvalue weighted by Crippen LogP contribution is -2.51. The number of esters is 2. The lowest BCUT2D eigenvalue weighted by atomic mass is 9.47. The van der Waals surface area contributed by atoms with Gasteiger partial charge in [-0.1, -0.05) is 156 Å². The largest absolute Gasteiger partial charge is 0.466 e. The second kappa shape index (κ2) is 26.4. The van der Waals surface area contributed by atoms with Crippen LogP contribution in [0.2, 0.25) is 0 Å². The normalized spacial score (nSPS) is 34.4. The van der Waals surface area contributed by atoms with Crippen LogP contribution in [0, 0.1) is 64.1 Å². The number of hydrogen-bond acceptors (Lipinski definition) is 5. The van der Waals surface area contributed by atoms with E-state index in [1.165, 1.54) is 173 Å². The molecule has 5 saturated carbocycles. The molecule has 0 amide bonds. The van der Waals surface area contributed by atoms with E-state index in [9.17, 15) is 9.59 Å². The summed E-state index contributed by atoms with van der Waals surface area (Å²) in [5, 5.41) is 0. The maximum atomic E-state index is 12.9. The highest BCUT2D eigenvalue weighted by molar-refractivity contribution is 5.77. The molecule has 6 aliphatic rings. The highest BCUT2D eigenvalue weighted by atomic mass is 16.5. The molecular formula is C59H102O5. The Bertz CT molecular complexity index is 1390. The molecule has 5 fully saturated rings. The molecular weight excluding hydrogens is 789 g/mol. The van der Waals surface area contributed by atoms with Gasteiger partial charge < -0.3 is 14.2 Å². The summed E-state index contributed by atoms with van der Waals surface area (Å²) in [6, 6.07) is 0. The van der Waals surface area contributed by atoms with Crippen LogP contribution in [0.4, 0.5) is 0 Å². The van der Waals surface area contributed by atoms with Crippen molar-refractivity contribution in [3.8, 4) is 0 Å². The highest BCUT2D eigenvalue weighted by Crippen LogP contribution is 2.67. The molecule has 64 heavy (non-hydrogen) atoms. The molecule has 6 aliphatic carbocycles. The SMILES string of the molecule is CCCCCC1CCC(C2CCC(OCCCCCCCCCCCOC(=O)CCC(=O)O[C@H]3CC[C@@]4(C)C(=CCC5C4CC[C@@]4(C)C5CC[C@@H]4C(C)CCCC(C)C)C3)CC2)CC1. The van der Waals surface area contributed by atoms with Crippen LogP contribution in [-0.2, 0) is 23.8 Å². The number of allylic oxidation sites excluding steroid dienone is 1. The standard InChI is InChI=1S/C59H102O5/c1-7-8-16-22-46-23-25-47(26-24-46)48-27-30-50(31-28-48)62-41-17-14-12-10-9-11-13-15-18-42-63-56(60)35-36-57(61)64-51-37-39-58(5)49(43-51)29-32-52-54-34-33-53(45(4)21-19-20-44(2)3)59(54,6)40-38-55(52)58/h29,44-48,50-55H,7-28,30-43H2,1-6H3/t45?,46?,47?,48?,50?,51-,52?,53+,54?,55?,58-,59+/m0/s1. The average Bonchev–Trinajstić information content (AvgIpc) is 3.65. The van der Waals surface area contributed by atoms with Crippen LogP contribution >= 0.6 is 0 Å². The Morgan fingerprint density at radius 1 is 0.641 bits per heavy atom. The van der Waals surface area contributed by atoms with Gasteiger partial charge in [-0.3, -0.25) is 9.59 Å². The van der Waals surface area contributed by atoms with Crippen molar-refractivity contribution in [2.45, 2.75) is 272 Å². The highest BCUT2D eigenvalue weighted by Gasteiger charge is 2.59. The summed E-state index contributed by atoms with van der Waals surface area (Å²) in [4.78, 5) is 25.4. The Labute approximate surface area is 395 Å². The summed E-state index contributed by atoms with van der Waals surface area (Å²) in [5.41, 5.74) is 2.31. The Kier molecular flexibility index (Phi) is 21.5. The number of fused-ring (bicyclic) bond motifs is 5. The summed E-state index contributed by atoms with van der Waals surface area (Å²) in [7, 11) is 0. The monoisotopic (exact) mass is 891 g/mol. The van der Waals surface area contributed by atoms with Gasteiger partial charge >= 0.3 is 11.9 Å². The first kappa shape index (κ1) is 52.0. The van der Waals surface area contributed by atoms with Crippen molar-refractivity contribution < 1.29 is 23.8 Å². The van der Waals surface area contributed by atoms with Crippen LogP contribution in [0.25, 0.3) is 0 Å². The summed E-state index contributed by atoms with van der Waals surface area (Å²) >= 11 is 0. The fraction of sp³-hybridized carbons (Fsp3) is 0.932. The van der Waals surface area contributed by atoms with Crippen molar-refractivity contribution in [1.29, 1.82) is 0 Å². The first-order valence-corrected chi connectivity index (χ1v) is 28.7. The molecule has 0 bridgehead atoms. The van der Waals surface area contributed by atoms with Gasteiger partial charge in [0, 0.05) is 13.0 Å². The first-order valence-electron chi connectivity index (χ1n) is 28.7. The predicted molar refractivity (Wildman–Crippen MR) is 266 cm³/mol. The van der Waals surface area contributed by atoms with E-state index in [0.29, 0.717) is 18.1 Å². The summed E-state index contributed by atoms with van der Waals surface area (Å²) in [5.74, 6) is 7.52. The quantitative estimate of drug-likeness (QED) is 0.0467. The Morgan fingerprint density at radius 3 is 1.98 bits per heavy atom. The van der Waals surface area contributed by atoms with Gasteiger partial charge in [-0.2, -0.15) is 0 Å². The third-order valence-corrected chi connectivity index (χ3v) is 19.5. The molecule has 0 saturated heterocycles. The van der Waals surface area contributed by atoms with Crippen LogP contribution in [0.3, 0.4) is 0 Å². The second-order valence-corrected chi connectivity index (χ2v) is 24.2. The maximum absolute atomic E-state index is 12.9. The minimum absolute atomic E-state index is 0.0521. The van der Waals surface area contributed by atoms with E-state index in [1.807, 2.05) is 0 Å². The molecule has 368 valence electrons. The zero-order valence-corrected chi connectivity index (χ0v) is 42.9. The molecule has 8 atom stereocenters. The summed E-state index contributed by atoms with van der Waals surface area (Å²) < 4.78 is 17.9. The van der Waals surface area contributed by atoms with Crippen LogP contribution in [0.1, 0.15) is 260 Å². The molecule has 0 radical (unpaired) electrons. The minimum Gasteiger partial charge on any atom is -0.466 e. The molecule has 0 aromatic rings. The lowest BCUT2D eigenvalue weighted by Gasteiger charge is -2.58. The number of unbranched alkanes of at least 4 members (excludes halogenated alkanes) is 10. The van der Waals surface area contributed by atoms with Crippen molar-refractivity contribution >= 4 is 11.9 Å². The van der Waals surface area contributed by atoms with E-state index in [-0.39, 0.29) is 36.3 Å². The van der Waals surface area contributed by atoms with Gasteiger partial charge in [0.1, 0.15) is 6.10 Å². The van der Waals surface area contributed by atoms with Crippen molar-refractivity contribution in [1.82, 2.24) is 0 Å². The molecule has 0 N–H and O–H groups in total. The van der Waals surface area contributed by atoms with Gasteiger partial charge in [0.15, 0.2) is 0 Å². The number of carbonyl (C=O) groups is 2. The van der Waals surface area contributed by atoms with E-state index in [4.69, 9.17) is 14.2 Å². The molecule has 0 spiro atoms. The Hall–Kier alpha value is -1.36. The lowest BCUT2D eigenvalue weighted by molar-refractivity contribution is -0.155. The van der Waals surface area contributed by atoms with Gasteiger partial charge in [-0.15, -0.1) is 0 Å². The molecule has 0 heterocycles. The molecule has 6 rings (SSSR count). The zero-order chi connectivity index (χ0) is 45.4. The van der Waals surface area contributed by atoms with Crippen molar-refractivity contribution in [2.75, 3.05) is 13.2 Å². The summed E-state index contributed by atoms with van der Waals surface area (Å²) in [6.45, 7) is 16.3. The van der Waals surface area contributed by atoms with Crippen molar-refractivity contribution in [3.05, 3.63) is 11.6 Å². The third-order valence-electron chi connectivity index (χ3n) is 19.5. The molecule has 0 aromatic heterocycles. The fourth-order valence-electron chi connectivity index (χ4n) is 15.5. The summed E-state index contributed by atoms with van der Waals surface area (Å²) in [6.07, 6.45) is 45.3. The fourth-order valence-corrected chi connectivity index (χ4v) is 15.5. The van der Waals surface area contributed by atoms with Crippen molar-refractivity contribution in [3.63, 3.8) is 0 Å². The van der Waals surface area contributed by atoms with Gasteiger partial charge in [-0.05, 0) is 160 Å². The third kappa shape index (κ3) is 14.8. The first-order chi connectivity index (χ1) is 31.0. The van der Waals surface area contributed by atoms with Crippen LogP contribution in [0.5, 0.6) is 0 Å². The molecule has 5 nitrogen and oxygen atoms in total. The van der Waals surface area contributed by atoms with E-state index in [2.05, 4.69) is 47.6 Å². The topological polar surface area (TPSA) is 61.8 Å². The number of carbonyl (C=O) groups excluding carboxylic acids is 2. The molecule has 4 unspecified atom stereocenters. The molecule has 0 aliphatic heterocycles. The van der Waals surface area contributed by atoms with Gasteiger partial charge in [0.25, 0.3) is 0 Å². The van der Waals surface area contributed by atoms with Gasteiger partial charge in [-0.25, -0.2) is 0 Å². The number of hydrogen-bond donors (Lipinski definition) is 0. The smallest absolute Gasteiger partial charge is 0.306 e. The van der Waals surface area contributed by atoms with Gasteiger partial charge in [0.05, 0.1) is 25.6 Å². The maximum Gasteiger partial charge on any atom is 0.306 e. The molecule has 5 heteroatoms.